The molecule has 0 amide bonds. The molecule has 0 saturated carbocycles. The summed E-state index contributed by atoms with van der Waals surface area (Å²) in [5.74, 6) is 0.786. The van der Waals surface area contributed by atoms with Crippen LogP contribution in [0.5, 0.6) is 5.75 Å². The van der Waals surface area contributed by atoms with Crippen LogP contribution >= 0.6 is 11.6 Å². The van der Waals surface area contributed by atoms with E-state index in [0.29, 0.717) is 30.9 Å². The number of hydrogen-bond acceptors (Lipinski definition) is 4. The molecule has 20 heavy (non-hydrogen) atoms. The Morgan fingerprint density at radius 1 is 1.50 bits per heavy atom. The van der Waals surface area contributed by atoms with Gasteiger partial charge in [0, 0.05) is 19.2 Å². The molecule has 0 spiro atoms. The van der Waals surface area contributed by atoms with Gasteiger partial charge in [-0.15, -0.1) is 11.6 Å². The summed E-state index contributed by atoms with van der Waals surface area (Å²) in [6.07, 6.45) is 0.717. The van der Waals surface area contributed by atoms with Crippen molar-refractivity contribution in [3.63, 3.8) is 0 Å². The molecule has 1 aromatic rings. The zero-order valence-corrected chi connectivity index (χ0v) is 13.1. The normalized spacial score (nSPS) is 19.5. The van der Waals surface area contributed by atoms with E-state index in [1.807, 2.05) is 0 Å². The highest BCUT2D eigenvalue weighted by Gasteiger charge is 2.31. The standard InChI is InChI=1S/C13H18ClNO4S/c1-15(11-5-6-19-9-11)20(16,17)12-3-4-13(18-2)10(7-12)8-14/h3-4,7,11H,5-6,8-9H2,1-2H3. The molecule has 1 saturated heterocycles. The van der Waals surface area contributed by atoms with E-state index in [4.69, 9.17) is 21.1 Å². The lowest BCUT2D eigenvalue weighted by Gasteiger charge is -2.23. The first-order chi connectivity index (χ1) is 9.50. The molecule has 1 aliphatic rings. The zero-order valence-electron chi connectivity index (χ0n) is 11.5. The van der Waals surface area contributed by atoms with E-state index in [1.54, 1.807) is 19.2 Å². The maximum absolute atomic E-state index is 12.6. The second-order valence-electron chi connectivity index (χ2n) is 4.65. The van der Waals surface area contributed by atoms with Gasteiger partial charge in [0.05, 0.1) is 30.5 Å². The van der Waals surface area contributed by atoms with E-state index < -0.39 is 10.0 Å². The van der Waals surface area contributed by atoms with Gasteiger partial charge in [-0.1, -0.05) is 0 Å². The van der Waals surface area contributed by atoms with Crippen molar-refractivity contribution in [2.24, 2.45) is 0 Å². The molecule has 1 heterocycles. The summed E-state index contributed by atoms with van der Waals surface area (Å²) in [4.78, 5) is 0.225. The molecule has 0 aliphatic carbocycles. The Balaban J connectivity index is 2.33. The van der Waals surface area contributed by atoms with Gasteiger partial charge in [0.2, 0.25) is 10.0 Å². The Morgan fingerprint density at radius 2 is 2.25 bits per heavy atom. The fourth-order valence-electron chi connectivity index (χ4n) is 2.19. The number of hydrogen-bond donors (Lipinski definition) is 0. The lowest BCUT2D eigenvalue weighted by Crippen LogP contribution is -2.37. The topological polar surface area (TPSA) is 55.8 Å². The highest BCUT2D eigenvalue weighted by Crippen LogP contribution is 2.27. The van der Waals surface area contributed by atoms with Gasteiger partial charge in [-0.3, -0.25) is 0 Å². The molecule has 1 atom stereocenters. The van der Waals surface area contributed by atoms with Crippen LogP contribution in [0.4, 0.5) is 0 Å². The van der Waals surface area contributed by atoms with Crippen LogP contribution in [0, 0.1) is 0 Å². The summed E-state index contributed by atoms with van der Waals surface area (Å²) in [5, 5.41) is 0. The number of methoxy groups -OCH3 is 1. The van der Waals surface area contributed by atoms with Crippen LogP contribution in [-0.4, -0.2) is 46.1 Å². The molecule has 5 nitrogen and oxygen atoms in total. The maximum atomic E-state index is 12.6. The zero-order chi connectivity index (χ0) is 14.8. The third-order valence-corrected chi connectivity index (χ3v) is 5.69. The third-order valence-electron chi connectivity index (χ3n) is 3.49. The number of ether oxygens (including phenoxy) is 2. The summed E-state index contributed by atoms with van der Waals surface area (Å²) in [5.41, 5.74) is 0.659. The molecular weight excluding hydrogens is 302 g/mol. The average Bonchev–Trinajstić information content (AvgIpc) is 2.99. The first-order valence-corrected chi connectivity index (χ1v) is 8.27. The Hall–Kier alpha value is -0.820. The largest absolute Gasteiger partial charge is 0.496 e. The van der Waals surface area contributed by atoms with Crippen molar-refractivity contribution in [3.05, 3.63) is 23.8 Å². The van der Waals surface area contributed by atoms with Crippen molar-refractivity contribution in [1.29, 1.82) is 0 Å². The quantitative estimate of drug-likeness (QED) is 0.777. The van der Waals surface area contributed by atoms with Gasteiger partial charge in [-0.05, 0) is 24.6 Å². The lowest BCUT2D eigenvalue weighted by molar-refractivity contribution is 0.181. The molecule has 1 aromatic carbocycles. The number of alkyl halides is 1. The number of likely N-dealkylation sites (N-methyl/N-ethyl adjacent to an activating group) is 1. The highest BCUT2D eigenvalue weighted by molar-refractivity contribution is 7.89. The van der Waals surface area contributed by atoms with Crippen LogP contribution in [0.1, 0.15) is 12.0 Å². The van der Waals surface area contributed by atoms with E-state index in [9.17, 15) is 8.42 Å². The van der Waals surface area contributed by atoms with Crippen molar-refractivity contribution in [2.45, 2.75) is 23.2 Å². The predicted octanol–water partition coefficient (Wildman–Crippen LogP) is 1.84. The van der Waals surface area contributed by atoms with Crippen LogP contribution in [0.25, 0.3) is 0 Å². The summed E-state index contributed by atoms with van der Waals surface area (Å²) in [6, 6.07) is 4.62. The third kappa shape index (κ3) is 2.93. The predicted molar refractivity (Wildman–Crippen MR) is 76.7 cm³/mol. The molecule has 112 valence electrons. The second kappa shape index (κ2) is 6.30. The molecule has 1 unspecified atom stereocenters. The fraction of sp³-hybridized carbons (Fsp3) is 0.538. The van der Waals surface area contributed by atoms with E-state index in [0.717, 1.165) is 0 Å². The maximum Gasteiger partial charge on any atom is 0.243 e. The summed E-state index contributed by atoms with van der Waals surface area (Å²) in [6.45, 7) is 1.04. The SMILES string of the molecule is COc1ccc(S(=O)(=O)N(C)C2CCOC2)cc1CCl. The molecular formula is C13H18ClNO4S. The van der Waals surface area contributed by atoms with Crippen LogP contribution in [0.3, 0.4) is 0 Å². The first kappa shape index (κ1) is 15.6. The van der Waals surface area contributed by atoms with Crippen LogP contribution in [-0.2, 0) is 20.6 Å². The number of benzene rings is 1. The molecule has 2 rings (SSSR count). The van der Waals surface area contributed by atoms with Crippen molar-refractivity contribution in [1.82, 2.24) is 4.31 Å². The summed E-state index contributed by atoms with van der Waals surface area (Å²) in [7, 11) is -0.429. The van der Waals surface area contributed by atoms with Gasteiger partial charge >= 0.3 is 0 Å². The van der Waals surface area contributed by atoms with Gasteiger partial charge in [-0.25, -0.2) is 8.42 Å². The first-order valence-electron chi connectivity index (χ1n) is 6.29. The van der Waals surface area contributed by atoms with Crippen molar-refractivity contribution in [2.75, 3.05) is 27.4 Å². The molecule has 1 fully saturated rings. The minimum absolute atomic E-state index is 0.110. The Morgan fingerprint density at radius 3 is 2.80 bits per heavy atom. The molecule has 0 aromatic heterocycles. The summed E-state index contributed by atoms with van der Waals surface area (Å²) < 4.78 is 36.9. The van der Waals surface area contributed by atoms with E-state index in [-0.39, 0.29) is 16.8 Å². The summed E-state index contributed by atoms with van der Waals surface area (Å²) >= 11 is 5.83. The van der Waals surface area contributed by atoms with Gasteiger partial charge in [0.15, 0.2) is 0 Å². The van der Waals surface area contributed by atoms with Crippen LogP contribution < -0.4 is 4.74 Å². The molecule has 0 N–H and O–H groups in total. The second-order valence-corrected chi connectivity index (χ2v) is 6.91. The Bertz CT molecular complexity index is 570. The van der Waals surface area contributed by atoms with Gasteiger partial charge < -0.3 is 9.47 Å². The van der Waals surface area contributed by atoms with Gasteiger partial charge in [0.25, 0.3) is 0 Å². The highest BCUT2D eigenvalue weighted by atomic mass is 35.5. The van der Waals surface area contributed by atoms with E-state index >= 15 is 0 Å². The van der Waals surface area contributed by atoms with Gasteiger partial charge in [-0.2, -0.15) is 4.31 Å². The van der Waals surface area contributed by atoms with Gasteiger partial charge in [0.1, 0.15) is 5.75 Å². The number of halogens is 1. The molecule has 0 bridgehead atoms. The smallest absolute Gasteiger partial charge is 0.243 e. The van der Waals surface area contributed by atoms with Crippen LogP contribution in [0.2, 0.25) is 0 Å². The minimum atomic E-state index is -3.54. The van der Waals surface area contributed by atoms with E-state index in [2.05, 4.69) is 0 Å². The number of sulfonamides is 1. The molecule has 1 aliphatic heterocycles. The number of rotatable bonds is 5. The fourth-order valence-corrected chi connectivity index (χ4v) is 3.82. The van der Waals surface area contributed by atoms with Crippen molar-refractivity contribution >= 4 is 21.6 Å². The molecule has 7 heteroatoms. The van der Waals surface area contributed by atoms with Crippen molar-refractivity contribution < 1.29 is 17.9 Å². The minimum Gasteiger partial charge on any atom is -0.496 e. The average molecular weight is 320 g/mol. The lowest BCUT2D eigenvalue weighted by atomic mass is 10.2. The van der Waals surface area contributed by atoms with E-state index in [1.165, 1.54) is 17.5 Å². The Labute approximate surface area is 124 Å². The molecule has 0 radical (unpaired) electrons. The monoisotopic (exact) mass is 319 g/mol. The van der Waals surface area contributed by atoms with Crippen molar-refractivity contribution in [3.8, 4) is 5.75 Å². The Kier molecular flexibility index (Phi) is 4.90. The number of nitrogens with zero attached hydrogens (tertiary/aromatic N) is 1. The van der Waals surface area contributed by atoms with Crippen LogP contribution in [0.15, 0.2) is 23.1 Å².